The standard InChI is InChI=1S/C14H18O3S/c1-11-14(7-9-17-11)18(16)10-8-13(15)12-5-3-2-4-6-12/h2-6,11,14H,7-10H2,1H3. The van der Waals surface area contributed by atoms with Crippen LogP contribution in [0.2, 0.25) is 0 Å². The Bertz CT molecular complexity index is 430. The summed E-state index contributed by atoms with van der Waals surface area (Å²) < 4.78 is 17.5. The lowest BCUT2D eigenvalue weighted by Crippen LogP contribution is -2.25. The number of hydrogen-bond donors (Lipinski definition) is 0. The highest BCUT2D eigenvalue weighted by molar-refractivity contribution is 7.85. The van der Waals surface area contributed by atoms with Crippen LogP contribution in [0.4, 0.5) is 0 Å². The zero-order valence-electron chi connectivity index (χ0n) is 10.5. The molecular formula is C14H18O3S. The van der Waals surface area contributed by atoms with Gasteiger partial charge in [-0.15, -0.1) is 0 Å². The molecule has 1 aliphatic rings. The first-order valence-corrected chi connectivity index (χ1v) is 7.63. The summed E-state index contributed by atoms with van der Waals surface area (Å²) in [6.45, 7) is 2.64. The van der Waals surface area contributed by atoms with Crippen molar-refractivity contribution in [2.45, 2.75) is 31.1 Å². The lowest BCUT2D eigenvalue weighted by molar-refractivity contribution is 0.0988. The smallest absolute Gasteiger partial charge is 0.163 e. The van der Waals surface area contributed by atoms with E-state index in [1.165, 1.54) is 0 Å². The topological polar surface area (TPSA) is 43.4 Å². The van der Waals surface area contributed by atoms with Gasteiger partial charge < -0.3 is 4.74 Å². The number of Topliss-reactive ketones (excluding diaryl/α,β-unsaturated/α-hetero) is 1. The first kappa shape index (κ1) is 13.4. The molecule has 0 aliphatic carbocycles. The van der Waals surface area contributed by atoms with Gasteiger partial charge >= 0.3 is 0 Å². The molecule has 1 aromatic rings. The summed E-state index contributed by atoms with van der Waals surface area (Å²) in [7, 11) is -0.966. The van der Waals surface area contributed by atoms with E-state index in [0.29, 0.717) is 24.3 Å². The highest BCUT2D eigenvalue weighted by atomic mass is 32.2. The fraction of sp³-hybridized carbons (Fsp3) is 0.500. The summed E-state index contributed by atoms with van der Waals surface area (Å²) in [6.07, 6.45) is 1.24. The number of benzene rings is 1. The summed E-state index contributed by atoms with van der Waals surface area (Å²) >= 11 is 0. The Balaban J connectivity index is 1.85. The molecule has 3 nitrogen and oxygen atoms in total. The predicted octanol–water partition coefficient (Wildman–Crippen LogP) is 2.19. The van der Waals surface area contributed by atoms with E-state index in [1.54, 1.807) is 12.1 Å². The molecule has 18 heavy (non-hydrogen) atoms. The highest BCUT2D eigenvalue weighted by Crippen LogP contribution is 2.19. The third-order valence-electron chi connectivity index (χ3n) is 3.27. The van der Waals surface area contributed by atoms with E-state index in [-0.39, 0.29) is 17.1 Å². The van der Waals surface area contributed by atoms with Crippen molar-refractivity contribution in [1.82, 2.24) is 0 Å². The number of carbonyl (C=O) groups excluding carboxylic acids is 1. The van der Waals surface area contributed by atoms with Gasteiger partial charge in [-0.2, -0.15) is 0 Å². The molecule has 1 saturated heterocycles. The normalized spacial score (nSPS) is 24.9. The van der Waals surface area contributed by atoms with Crippen LogP contribution in [0.25, 0.3) is 0 Å². The van der Waals surface area contributed by atoms with Gasteiger partial charge in [0.15, 0.2) is 5.78 Å². The lowest BCUT2D eigenvalue weighted by atomic mass is 10.1. The van der Waals surface area contributed by atoms with Gasteiger partial charge in [-0.05, 0) is 13.3 Å². The second kappa shape index (κ2) is 6.25. The van der Waals surface area contributed by atoms with E-state index in [0.717, 1.165) is 6.42 Å². The number of ether oxygens (including phenoxy) is 1. The molecule has 3 atom stereocenters. The molecule has 0 N–H and O–H groups in total. The van der Waals surface area contributed by atoms with Gasteiger partial charge in [0.1, 0.15) is 0 Å². The molecule has 3 unspecified atom stereocenters. The second-order valence-electron chi connectivity index (χ2n) is 4.53. The summed E-state index contributed by atoms with van der Waals surface area (Å²) in [5.41, 5.74) is 0.699. The summed E-state index contributed by atoms with van der Waals surface area (Å²) in [5.74, 6) is 0.502. The fourth-order valence-electron chi connectivity index (χ4n) is 2.17. The average Bonchev–Trinajstić information content (AvgIpc) is 2.83. The zero-order chi connectivity index (χ0) is 13.0. The maximum atomic E-state index is 12.1. The first-order valence-electron chi connectivity index (χ1n) is 6.25. The van der Waals surface area contributed by atoms with Gasteiger partial charge in [0.2, 0.25) is 0 Å². The van der Waals surface area contributed by atoms with Crippen LogP contribution >= 0.6 is 0 Å². The molecule has 0 amide bonds. The van der Waals surface area contributed by atoms with Gasteiger partial charge in [0.05, 0.1) is 11.4 Å². The van der Waals surface area contributed by atoms with Crippen molar-refractivity contribution < 1.29 is 13.7 Å². The SMILES string of the molecule is CC1OCCC1S(=O)CCC(=O)c1ccccc1. The van der Waals surface area contributed by atoms with Crippen LogP contribution in [0, 0.1) is 0 Å². The Morgan fingerprint density at radius 2 is 2.11 bits per heavy atom. The summed E-state index contributed by atoms with van der Waals surface area (Å²) in [5, 5.41) is 0.0913. The minimum atomic E-state index is -0.966. The molecule has 1 aliphatic heterocycles. The number of hydrogen-bond acceptors (Lipinski definition) is 3. The van der Waals surface area contributed by atoms with Crippen LogP contribution in [0.3, 0.4) is 0 Å². The number of rotatable bonds is 5. The van der Waals surface area contributed by atoms with Crippen molar-refractivity contribution in [2.24, 2.45) is 0 Å². The molecule has 0 aromatic heterocycles. The van der Waals surface area contributed by atoms with Crippen molar-refractivity contribution in [3.05, 3.63) is 35.9 Å². The summed E-state index contributed by atoms with van der Waals surface area (Å²) in [4.78, 5) is 11.9. The van der Waals surface area contributed by atoms with E-state index in [2.05, 4.69) is 0 Å². The molecule has 0 radical (unpaired) electrons. The number of ketones is 1. The molecule has 0 saturated carbocycles. The quantitative estimate of drug-likeness (QED) is 0.767. The van der Waals surface area contributed by atoms with Crippen LogP contribution < -0.4 is 0 Å². The van der Waals surface area contributed by atoms with E-state index in [9.17, 15) is 9.00 Å². The molecule has 98 valence electrons. The van der Waals surface area contributed by atoms with Gasteiger partial charge in [-0.3, -0.25) is 9.00 Å². The largest absolute Gasteiger partial charge is 0.377 e. The van der Waals surface area contributed by atoms with Crippen molar-refractivity contribution in [3.8, 4) is 0 Å². The van der Waals surface area contributed by atoms with Gasteiger partial charge in [-0.25, -0.2) is 0 Å². The molecule has 1 heterocycles. The van der Waals surface area contributed by atoms with E-state index < -0.39 is 10.8 Å². The maximum absolute atomic E-state index is 12.1. The molecule has 0 bridgehead atoms. The van der Waals surface area contributed by atoms with Crippen LogP contribution in [0.15, 0.2) is 30.3 Å². The van der Waals surface area contributed by atoms with Gasteiger partial charge in [0, 0.05) is 35.1 Å². The predicted molar refractivity (Wildman–Crippen MR) is 72.2 cm³/mol. The monoisotopic (exact) mass is 266 g/mol. The zero-order valence-corrected chi connectivity index (χ0v) is 11.3. The fourth-order valence-corrected chi connectivity index (χ4v) is 3.72. The Kier molecular flexibility index (Phi) is 4.66. The van der Waals surface area contributed by atoms with E-state index >= 15 is 0 Å². The highest BCUT2D eigenvalue weighted by Gasteiger charge is 2.29. The Morgan fingerprint density at radius 3 is 2.72 bits per heavy atom. The van der Waals surface area contributed by atoms with E-state index in [1.807, 2.05) is 25.1 Å². The van der Waals surface area contributed by atoms with Crippen LogP contribution in [-0.2, 0) is 15.5 Å². The molecule has 4 heteroatoms. The van der Waals surface area contributed by atoms with Crippen molar-refractivity contribution in [1.29, 1.82) is 0 Å². The summed E-state index contributed by atoms with van der Waals surface area (Å²) in [6, 6.07) is 9.17. The van der Waals surface area contributed by atoms with Crippen LogP contribution in [-0.4, -0.2) is 33.7 Å². The van der Waals surface area contributed by atoms with Crippen LogP contribution in [0.1, 0.15) is 30.1 Å². The minimum absolute atomic E-state index is 0.0534. The molecular weight excluding hydrogens is 248 g/mol. The second-order valence-corrected chi connectivity index (χ2v) is 6.30. The molecule has 1 fully saturated rings. The minimum Gasteiger partial charge on any atom is -0.377 e. The van der Waals surface area contributed by atoms with Gasteiger partial charge in [-0.1, -0.05) is 30.3 Å². The van der Waals surface area contributed by atoms with Crippen LogP contribution in [0.5, 0.6) is 0 Å². The molecule has 0 spiro atoms. The Morgan fingerprint density at radius 1 is 1.39 bits per heavy atom. The molecule has 1 aromatic carbocycles. The Hall–Kier alpha value is -1.00. The first-order chi connectivity index (χ1) is 8.68. The third kappa shape index (κ3) is 3.27. The maximum Gasteiger partial charge on any atom is 0.163 e. The van der Waals surface area contributed by atoms with Crippen molar-refractivity contribution in [3.63, 3.8) is 0 Å². The third-order valence-corrected chi connectivity index (χ3v) is 5.17. The Labute approximate surface area is 110 Å². The lowest BCUT2D eigenvalue weighted by Gasteiger charge is -2.13. The average molecular weight is 266 g/mol. The van der Waals surface area contributed by atoms with Crippen molar-refractivity contribution in [2.75, 3.05) is 12.4 Å². The van der Waals surface area contributed by atoms with Crippen molar-refractivity contribution >= 4 is 16.6 Å². The number of carbonyl (C=O) groups is 1. The van der Waals surface area contributed by atoms with Gasteiger partial charge in [0.25, 0.3) is 0 Å². The van der Waals surface area contributed by atoms with E-state index in [4.69, 9.17) is 4.74 Å². The molecule has 2 rings (SSSR count).